The van der Waals surface area contributed by atoms with Crippen LogP contribution in [0.4, 0.5) is 4.79 Å². The minimum absolute atomic E-state index is 0.132. The summed E-state index contributed by atoms with van der Waals surface area (Å²) in [5, 5.41) is 8.45. The zero-order valence-electron chi connectivity index (χ0n) is 22.2. The van der Waals surface area contributed by atoms with Crippen molar-refractivity contribution in [2.45, 2.75) is 63.2 Å². The number of thioether (sulfide) groups is 1. The standard InChI is InChI=1S/C27H36N4O5S2/c1-6-13-35-16-20(18-10-8-7-9-11-18)29-23(32)22-27(3,4)15-21-31(22)25(33)19(12-14-38-21)30-24(37)17(2)36-26(34)28-5/h1,7-11,17,19-22H,12-16H2,2-5H3,(H,28,34)(H,29,32)(H,30,37)/t17?,19-,20?,21-,22+/m0/s1. The molecule has 3 N–H and O–H groups in total. The molecule has 2 unspecified atom stereocenters. The Kier molecular flexibility index (Phi) is 10.4. The van der Waals surface area contributed by atoms with Crippen LogP contribution < -0.4 is 16.0 Å². The zero-order valence-corrected chi connectivity index (χ0v) is 23.8. The fourth-order valence-electron chi connectivity index (χ4n) is 4.81. The minimum Gasteiger partial charge on any atom is -0.439 e. The molecule has 2 heterocycles. The van der Waals surface area contributed by atoms with Gasteiger partial charge in [0.05, 0.1) is 18.0 Å². The second kappa shape index (κ2) is 13.3. The van der Waals surface area contributed by atoms with Crippen LogP contribution in [-0.2, 0) is 19.1 Å². The number of fused-ring (bicyclic) bond motifs is 1. The Hall–Kier alpha value is -2.81. The van der Waals surface area contributed by atoms with Gasteiger partial charge in [-0.15, -0.1) is 18.2 Å². The molecule has 3 rings (SSSR count). The molecule has 2 saturated heterocycles. The lowest BCUT2D eigenvalue weighted by molar-refractivity contribution is -0.142. The maximum Gasteiger partial charge on any atom is 0.407 e. The number of nitrogens with one attached hydrogen (secondary N) is 3. The number of terminal acetylenes is 1. The topological polar surface area (TPSA) is 109 Å². The van der Waals surface area contributed by atoms with Crippen LogP contribution >= 0.6 is 24.0 Å². The number of carbonyl (C=O) groups is 3. The number of rotatable bonds is 9. The van der Waals surface area contributed by atoms with Crippen LogP contribution in [0.5, 0.6) is 0 Å². The van der Waals surface area contributed by atoms with E-state index in [2.05, 4.69) is 21.9 Å². The molecular formula is C27H36N4O5S2. The van der Waals surface area contributed by atoms with E-state index in [-0.39, 0.29) is 35.4 Å². The molecule has 1 aromatic rings. The van der Waals surface area contributed by atoms with Gasteiger partial charge in [-0.25, -0.2) is 4.79 Å². The first-order valence-electron chi connectivity index (χ1n) is 12.6. The number of amides is 3. The SMILES string of the molecule is C#CCOCC(NC(=O)[C@H]1N2C(=O)[C@@H](NC(=S)C(C)OC(=O)NC)CCS[C@H]2CC1(C)C)c1ccccc1. The molecule has 9 nitrogen and oxygen atoms in total. The summed E-state index contributed by atoms with van der Waals surface area (Å²) in [7, 11) is 1.46. The van der Waals surface area contributed by atoms with Crippen molar-refractivity contribution in [3.8, 4) is 12.3 Å². The molecule has 0 radical (unpaired) electrons. The second-order valence-electron chi connectivity index (χ2n) is 10.0. The van der Waals surface area contributed by atoms with Crippen LogP contribution in [0.2, 0.25) is 0 Å². The summed E-state index contributed by atoms with van der Waals surface area (Å²) in [6.45, 7) is 6.01. The molecule has 2 aliphatic heterocycles. The highest BCUT2D eigenvalue weighted by Crippen LogP contribution is 2.46. The van der Waals surface area contributed by atoms with Crippen LogP contribution in [0.3, 0.4) is 0 Å². The van der Waals surface area contributed by atoms with E-state index >= 15 is 0 Å². The number of thiocarbonyl (C=S) groups is 1. The molecule has 0 aromatic heterocycles. The molecule has 2 aliphatic rings. The van der Waals surface area contributed by atoms with Crippen LogP contribution in [0.15, 0.2) is 30.3 Å². The Morgan fingerprint density at radius 2 is 2.03 bits per heavy atom. The van der Waals surface area contributed by atoms with Crippen LogP contribution in [0.25, 0.3) is 0 Å². The Bertz CT molecular complexity index is 1060. The van der Waals surface area contributed by atoms with Gasteiger partial charge in [0.25, 0.3) is 0 Å². The van der Waals surface area contributed by atoms with Crippen molar-refractivity contribution >= 4 is 46.9 Å². The van der Waals surface area contributed by atoms with Gasteiger partial charge in [0.15, 0.2) is 6.10 Å². The molecule has 5 atom stereocenters. The van der Waals surface area contributed by atoms with Crippen molar-refractivity contribution in [3.63, 3.8) is 0 Å². The number of hydrogen-bond acceptors (Lipinski definition) is 7. The van der Waals surface area contributed by atoms with Gasteiger partial charge >= 0.3 is 6.09 Å². The van der Waals surface area contributed by atoms with Crippen molar-refractivity contribution in [1.29, 1.82) is 0 Å². The van der Waals surface area contributed by atoms with E-state index in [1.54, 1.807) is 23.6 Å². The van der Waals surface area contributed by atoms with E-state index in [1.165, 1.54) is 7.05 Å². The summed E-state index contributed by atoms with van der Waals surface area (Å²) < 4.78 is 10.8. The molecule has 11 heteroatoms. The molecular weight excluding hydrogens is 524 g/mol. The number of hydrogen-bond donors (Lipinski definition) is 3. The largest absolute Gasteiger partial charge is 0.439 e. The Morgan fingerprint density at radius 3 is 2.68 bits per heavy atom. The first-order valence-corrected chi connectivity index (χ1v) is 14.0. The fourth-order valence-corrected chi connectivity index (χ4v) is 6.57. The number of carbonyl (C=O) groups excluding carboxylic acids is 3. The second-order valence-corrected chi connectivity index (χ2v) is 11.7. The average molecular weight is 561 g/mol. The Morgan fingerprint density at radius 1 is 1.32 bits per heavy atom. The van der Waals surface area contributed by atoms with E-state index in [0.29, 0.717) is 12.8 Å². The van der Waals surface area contributed by atoms with Gasteiger partial charge < -0.3 is 30.3 Å². The highest BCUT2D eigenvalue weighted by atomic mass is 32.2. The van der Waals surface area contributed by atoms with Crippen molar-refractivity contribution in [1.82, 2.24) is 20.9 Å². The summed E-state index contributed by atoms with van der Waals surface area (Å²) in [6.07, 6.45) is 5.23. The van der Waals surface area contributed by atoms with Crippen LogP contribution in [0, 0.1) is 17.8 Å². The highest BCUT2D eigenvalue weighted by Gasteiger charge is 2.54. The average Bonchev–Trinajstić information content (AvgIpc) is 3.08. The van der Waals surface area contributed by atoms with E-state index in [4.69, 9.17) is 28.1 Å². The lowest BCUT2D eigenvalue weighted by atomic mass is 9.83. The van der Waals surface area contributed by atoms with Gasteiger partial charge in [0, 0.05) is 7.05 Å². The molecule has 0 bridgehead atoms. The first-order chi connectivity index (χ1) is 18.1. The van der Waals surface area contributed by atoms with Gasteiger partial charge in [-0.05, 0) is 36.5 Å². The van der Waals surface area contributed by atoms with Gasteiger partial charge in [-0.3, -0.25) is 9.59 Å². The lowest BCUT2D eigenvalue weighted by Crippen LogP contribution is -2.57. The first kappa shape index (κ1) is 29.7. The normalized spacial score (nSPS) is 23.7. The molecule has 0 spiro atoms. The van der Waals surface area contributed by atoms with E-state index in [9.17, 15) is 14.4 Å². The van der Waals surface area contributed by atoms with Crippen molar-refractivity contribution < 1.29 is 23.9 Å². The zero-order chi connectivity index (χ0) is 27.9. The van der Waals surface area contributed by atoms with Crippen LogP contribution in [0.1, 0.15) is 45.2 Å². The van der Waals surface area contributed by atoms with E-state index in [0.717, 1.165) is 11.3 Å². The predicted octanol–water partition coefficient (Wildman–Crippen LogP) is 2.61. The molecule has 0 aliphatic carbocycles. The Balaban J connectivity index is 1.80. The maximum atomic E-state index is 13.9. The highest BCUT2D eigenvalue weighted by molar-refractivity contribution is 7.99. The van der Waals surface area contributed by atoms with Gasteiger partial charge in [0.2, 0.25) is 11.8 Å². The molecule has 38 heavy (non-hydrogen) atoms. The minimum atomic E-state index is -0.715. The van der Waals surface area contributed by atoms with Gasteiger partial charge in [-0.1, -0.05) is 62.3 Å². The molecule has 1 aromatic carbocycles. The predicted molar refractivity (Wildman–Crippen MR) is 151 cm³/mol. The molecule has 0 saturated carbocycles. The number of alkyl carbamates (subject to hydrolysis) is 1. The summed E-state index contributed by atoms with van der Waals surface area (Å²) in [6, 6.07) is 7.78. The third-order valence-corrected chi connectivity index (χ3v) is 8.41. The summed E-state index contributed by atoms with van der Waals surface area (Å²) in [5.74, 6) is 2.73. The van der Waals surface area contributed by atoms with Crippen molar-refractivity contribution in [3.05, 3.63) is 35.9 Å². The molecule has 206 valence electrons. The van der Waals surface area contributed by atoms with Gasteiger partial charge in [0.1, 0.15) is 23.7 Å². The molecule has 3 amide bonds. The van der Waals surface area contributed by atoms with Crippen LogP contribution in [-0.4, -0.2) is 77.4 Å². The monoisotopic (exact) mass is 560 g/mol. The smallest absolute Gasteiger partial charge is 0.407 e. The summed E-state index contributed by atoms with van der Waals surface area (Å²) >= 11 is 7.09. The van der Waals surface area contributed by atoms with Crippen molar-refractivity contribution in [2.75, 3.05) is 26.0 Å². The summed E-state index contributed by atoms with van der Waals surface area (Å²) in [5.41, 5.74) is 0.424. The molecule has 2 fully saturated rings. The quantitative estimate of drug-likeness (QED) is 0.240. The fraction of sp³-hybridized carbons (Fsp3) is 0.556. The summed E-state index contributed by atoms with van der Waals surface area (Å²) in [4.78, 5) is 41.3. The third kappa shape index (κ3) is 7.18. The number of ether oxygens (including phenoxy) is 2. The third-order valence-electron chi connectivity index (χ3n) is 6.71. The van der Waals surface area contributed by atoms with Crippen molar-refractivity contribution in [2.24, 2.45) is 5.41 Å². The van der Waals surface area contributed by atoms with E-state index < -0.39 is 35.7 Å². The number of nitrogens with zero attached hydrogens (tertiary/aromatic N) is 1. The van der Waals surface area contributed by atoms with E-state index in [1.807, 2.05) is 44.2 Å². The van der Waals surface area contributed by atoms with Gasteiger partial charge in [-0.2, -0.15) is 0 Å². The number of benzene rings is 1. The maximum absolute atomic E-state index is 13.9. The lowest BCUT2D eigenvalue weighted by Gasteiger charge is -2.35. The Labute approximate surface area is 234 Å².